The molecule has 0 amide bonds. The number of imidazole rings is 1. The number of ether oxygens (including phenoxy) is 1. The molecule has 21 heavy (non-hydrogen) atoms. The molecule has 2 aromatic carbocycles. The van der Waals surface area contributed by atoms with Gasteiger partial charge in [-0.05, 0) is 24.3 Å². The van der Waals surface area contributed by atoms with E-state index in [9.17, 15) is 0 Å². The minimum atomic E-state index is 0.536. The van der Waals surface area contributed by atoms with Crippen LogP contribution in [0.25, 0.3) is 16.7 Å². The van der Waals surface area contributed by atoms with Gasteiger partial charge >= 0.3 is 0 Å². The molecule has 3 aromatic rings. The van der Waals surface area contributed by atoms with Crippen LogP contribution in [0.5, 0.6) is 5.75 Å². The summed E-state index contributed by atoms with van der Waals surface area (Å²) in [6.07, 6.45) is 0.713. The third-order valence-electron chi connectivity index (χ3n) is 3.30. The minimum Gasteiger partial charge on any atom is -0.497 e. The van der Waals surface area contributed by atoms with E-state index in [1.54, 1.807) is 7.11 Å². The number of methoxy groups -OCH3 is 1. The van der Waals surface area contributed by atoms with Crippen molar-refractivity contribution in [2.45, 2.75) is 6.42 Å². The molecule has 108 valence electrons. The number of benzene rings is 2. The van der Waals surface area contributed by atoms with Crippen LogP contribution in [0, 0.1) is 0 Å². The van der Waals surface area contributed by atoms with Crippen molar-refractivity contribution in [1.82, 2.24) is 9.55 Å². The van der Waals surface area contributed by atoms with Gasteiger partial charge in [-0.2, -0.15) is 0 Å². The lowest BCUT2D eigenvalue weighted by molar-refractivity contribution is 0.414. The first-order valence-corrected chi connectivity index (χ1v) is 7.93. The molecular weight excluding hydrogens is 352 g/mol. The van der Waals surface area contributed by atoms with Crippen molar-refractivity contribution in [3.8, 4) is 11.4 Å². The summed E-state index contributed by atoms with van der Waals surface area (Å²) in [5.74, 6) is 2.29. The van der Waals surface area contributed by atoms with Gasteiger partial charge in [0.25, 0.3) is 0 Å². The Morgan fingerprint density at radius 1 is 1.24 bits per heavy atom. The summed E-state index contributed by atoms with van der Waals surface area (Å²) in [5, 5.41) is 0. The number of alkyl halides is 1. The zero-order valence-electron chi connectivity index (χ0n) is 11.5. The summed E-state index contributed by atoms with van der Waals surface area (Å²) >= 11 is 9.45. The number of rotatable bonds is 4. The van der Waals surface area contributed by atoms with Gasteiger partial charge in [0, 0.05) is 22.8 Å². The number of hydrogen-bond donors (Lipinski definition) is 0. The van der Waals surface area contributed by atoms with Crippen molar-refractivity contribution < 1.29 is 4.74 Å². The van der Waals surface area contributed by atoms with E-state index in [0.29, 0.717) is 12.3 Å². The first kappa shape index (κ1) is 14.4. The molecule has 0 saturated heterocycles. The predicted molar refractivity (Wildman–Crippen MR) is 89.7 cm³/mol. The van der Waals surface area contributed by atoms with Crippen molar-refractivity contribution in [3.05, 3.63) is 52.8 Å². The zero-order chi connectivity index (χ0) is 14.8. The Labute approximate surface area is 136 Å². The number of halogens is 2. The number of nitrogens with zero attached hydrogens (tertiary/aromatic N) is 2. The molecule has 0 atom stereocenters. The second-order valence-corrected chi connectivity index (χ2v) is 5.93. The van der Waals surface area contributed by atoms with Crippen LogP contribution in [0.1, 0.15) is 5.82 Å². The summed E-state index contributed by atoms with van der Waals surface area (Å²) in [6, 6.07) is 14.1. The third-order valence-corrected chi connectivity index (χ3v) is 3.95. The topological polar surface area (TPSA) is 27.1 Å². The second-order valence-electron chi connectivity index (χ2n) is 4.64. The van der Waals surface area contributed by atoms with E-state index in [0.717, 1.165) is 32.8 Å². The molecule has 0 N–H and O–H groups in total. The summed E-state index contributed by atoms with van der Waals surface area (Å²) in [5.41, 5.74) is 3.05. The first-order valence-electron chi connectivity index (χ1n) is 6.60. The van der Waals surface area contributed by atoms with Crippen molar-refractivity contribution in [3.63, 3.8) is 0 Å². The van der Waals surface area contributed by atoms with Crippen molar-refractivity contribution in [2.24, 2.45) is 0 Å². The monoisotopic (exact) mass is 364 g/mol. The number of hydrogen-bond acceptors (Lipinski definition) is 2. The van der Waals surface area contributed by atoms with Gasteiger partial charge in [-0.3, -0.25) is 4.57 Å². The number of para-hydroxylation sites is 2. The maximum absolute atomic E-state index is 5.93. The van der Waals surface area contributed by atoms with Crippen LogP contribution in [0.15, 0.2) is 46.9 Å². The van der Waals surface area contributed by atoms with E-state index < -0.39 is 0 Å². The Morgan fingerprint density at radius 3 is 2.81 bits per heavy atom. The number of fused-ring (bicyclic) bond motifs is 1. The highest BCUT2D eigenvalue weighted by Crippen LogP contribution is 2.28. The maximum Gasteiger partial charge on any atom is 0.122 e. The van der Waals surface area contributed by atoms with Gasteiger partial charge in [-0.25, -0.2) is 4.98 Å². The molecule has 0 spiro atoms. The molecule has 0 unspecified atom stereocenters. The second kappa shape index (κ2) is 6.08. The normalized spacial score (nSPS) is 11.0. The van der Waals surface area contributed by atoms with Gasteiger partial charge in [0.2, 0.25) is 0 Å². The fraction of sp³-hybridized carbons (Fsp3) is 0.188. The highest BCUT2D eigenvalue weighted by Gasteiger charge is 2.13. The van der Waals surface area contributed by atoms with Gasteiger partial charge in [0.1, 0.15) is 11.6 Å². The molecule has 0 aliphatic heterocycles. The Balaban J connectivity index is 2.27. The average molecular weight is 366 g/mol. The molecule has 0 fully saturated rings. The Hall–Kier alpha value is -1.52. The standard InChI is InChI=1S/C16H14BrClN2O/c1-21-13-9-11(17)8-12(10-13)20-15-5-3-2-4-14(15)19-16(20)6-7-18/h2-5,8-10H,6-7H2,1H3. The van der Waals surface area contributed by atoms with Gasteiger partial charge in [0.15, 0.2) is 0 Å². The lowest BCUT2D eigenvalue weighted by Gasteiger charge is -2.11. The van der Waals surface area contributed by atoms with Crippen LogP contribution in [0.2, 0.25) is 0 Å². The molecular formula is C16H14BrClN2O. The SMILES string of the molecule is COc1cc(Br)cc(-n2c(CCCl)nc3ccccc32)c1. The third kappa shape index (κ3) is 2.78. The zero-order valence-corrected chi connectivity index (χ0v) is 13.9. The highest BCUT2D eigenvalue weighted by atomic mass is 79.9. The molecule has 5 heteroatoms. The molecule has 0 aliphatic carbocycles. The first-order chi connectivity index (χ1) is 10.2. The summed E-state index contributed by atoms with van der Waals surface area (Å²) < 4.78 is 8.45. The van der Waals surface area contributed by atoms with Crippen LogP contribution in [0.4, 0.5) is 0 Å². The quantitative estimate of drug-likeness (QED) is 0.633. The van der Waals surface area contributed by atoms with Crippen LogP contribution in [-0.2, 0) is 6.42 Å². The average Bonchev–Trinajstić information content (AvgIpc) is 2.85. The molecule has 3 nitrogen and oxygen atoms in total. The van der Waals surface area contributed by atoms with Gasteiger partial charge in [0.05, 0.1) is 23.8 Å². The molecule has 3 rings (SSSR count). The highest BCUT2D eigenvalue weighted by molar-refractivity contribution is 9.10. The predicted octanol–water partition coefficient (Wildman–Crippen LogP) is 4.58. The van der Waals surface area contributed by atoms with Crippen molar-refractivity contribution in [2.75, 3.05) is 13.0 Å². The fourth-order valence-corrected chi connectivity index (χ4v) is 3.04. The van der Waals surface area contributed by atoms with Crippen LogP contribution >= 0.6 is 27.5 Å². The molecule has 0 bridgehead atoms. The van der Waals surface area contributed by atoms with E-state index in [1.807, 2.05) is 36.4 Å². The summed E-state index contributed by atoms with van der Waals surface area (Å²) in [6.45, 7) is 0. The molecule has 1 aromatic heterocycles. The fourth-order valence-electron chi connectivity index (χ4n) is 2.41. The Morgan fingerprint density at radius 2 is 2.05 bits per heavy atom. The van der Waals surface area contributed by atoms with Crippen LogP contribution in [0.3, 0.4) is 0 Å². The largest absolute Gasteiger partial charge is 0.497 e. The van der Waals surface area contributed by atoms with E-state index in [1.165, 1.54) is 0 Å². The van der Waals surface area contributed by atoms with E-state index in [-0.39, 0.29) is 0 Å². The van der Waals surface area contributed by atoms with Gasteiger partial charge < -0.3 is 4.74 Å². The molecule has 0 saturated carbocycles. The van der Waals surface area contributed by atoms with E-state index in [4.69, 9.17) is 16.3 Å². The van der Waals surface area contributed by atoms with Gasteiger partial charge in [-0.15, -0.1) is 11.6 Å². The summed E-state index contributed by atoms with van der Waals surface area (Å²) in [4.78, 5) is 4.69. The molecule has 0 aliphatic rings. The Kier molecular flexibility index (Phi) is 4.17. The van der Waals surface area contributed by atoms with E-state index in [2.05, 4.69) is 31.5 Å². The van der Waals surface area contributed by atoms with Crippen molar-refractivity contribution in [1.29, 1.82) is 0 Å². The lowest BCUT2D eigenvalue weighted by Crippen LogP contribution is -2.02. The number of aryl methyl sites for hydroxylation is 1. The minimum absolute atomic E-state index is 0.536. The maximum atomic E-state index is 5.93. The van der Waals surface area contributed by atoms with Gasteiger partial charge in [-0.1, -0.05) is 28.1 Å². The van der Waals surface area contributed by atoms with Crippen molar-refractivity contribution >= 4 is 38.6 Å². The molecule has 1 heterocycles. The molecule has 0 radical (unpaired) electrons. The smallest absolute Gasteiger partial charge is 0.122 e. The number of aromatic nitrogens is 2. The van der Waals surface area contributed by atoms with E-state index >= 15 is 0 Å². The van der Waals surface area contributed by atoms with Crippen LogP contribution in [-0.4, -0.2) is 22.5 Å². The lowest BCUT2D eigenvalue weighted by atomic mass is 10.2. The summed E-state index contributed by atoms with van der Waals surface area (Å²) in [7, 11) is 1.66. The Bertz CT molecular complexity index is 785. The van der Waals surface area contributed by atoms with Crippen LogP contribution < -0.4 is 4.74 Å².